The average Bonchev–Trinajstić information content (AvgIpc) is 3.04. The fourth-order valence-electron chi connectivity index (χ4n) is 2.09. The van der Waals surface area contributed by atoms with Crippen molar-refractivity contribution in [1.29, 1.82) is 0 Å². The van der Waals surface area contributed by atoms with Gasteiger partial charge in [0, 0.05) is 30.0 Å². The van der Waals surface area contributed by atoms with Gasteiger partial charge < -0.3 is 5.32 Å². The minimum Gasteiger partial charge on any atom is -0.313 e. The first-order chi connectivity index (χ1) is 8.51. The summed E-state index contributed by atoms with van der Waals surface area (Å²) in [6.07, 6.45) is 5.54. The maximum Gasteiger partial charge on any atom is 0.149 e. The lowest BCUT2D eigenvalue weighted by Crippen LogP contribution is -2.16. The predicted molar refractivity (Wildman–Crippen MR) is 71.3 cm³/mol. The molecule has 1 fully saturated rings. The standard InChI is InChI=1S/C12H21N3O2S/c1-3-13-8-11-9-14-15(6-7-18(2,16)17)12(11)10-4-5-10/h9-10,13H,3-8H2,1-2H3. The van der Waals surface area contributed by atoms with Crippen molar-refractivity contribution in [3.05, 3.63) is 17.5 Å². The van der Waals surface area contributed by atoms with Crippen LogP contribution in [0.25, 0.3) is 0 Å². The van der Waals surface area contributed by atoms with Crippen LogP contribution >= 0.6 is 0 Å². The Morgan fingerprint density at radius 1 is 1.50 bits per heavy atom. The summed E-state index contributed by atoms with van der Waals surface area (Å²) in [7, 11) is -2.93. The van der Waals surface area contributed by atoms with Gasteiger partial charge in [0.15, 0.2) is 0 Å². The molecule has 0 unspecified atom stereocenters. The van der Waals surface area contributed by atoms with E-state index in [1.54, 1.807) is 0 Å². The van der Waals surface area contributed by atoms with E-state index in [2.05, 4.69) is 17.3 Å². The average molecular weight is 271 g/mol. The molecule has 0 aliphatic heterocycles. The molecule has 0 atom stereocenters. The fraction of sp³-hybridized carbons (Fsp3) is 0.750. The summed E-state index contributed by atoms with van der Waals surface area (Å²) in [4.78, 5) is 0. The Hall–Kier alpha value is -0.880. The predicted octanol–water partition coefficient (Wildman–Crippen LogP) is 0.915. The van der Waals surface area contributed by atoms with Gasteiger partial charge in [-0.25, -0.2) is 8.42 Å². The van der Waals surface area contributed by atoms with E-state index in [0.717, 1.165) is 13.1 Å². The lowest BCUT2D eigenvalue weighted by Gasteiger charge is -2.08. The monoisotopic (exact) mass is 271 g/mol. The van der Waals surface area contributed by atoms with E-state index in [1.807, 2.05) is 10.9 Å². The van der Waals surface area contributed by atoms with Gasteiger partial charge in [-0.2, -0.15) is 5.10 Å². The van der Waals surface area contributed by atoms with Crippen LogP contribution in [0, 0.1) is 0 Å². The van der Waals surface area contributed by atoms with Crippen molar-refractivity contribution in [3.63, 3.8) is 0 Å². The van der Waals surface area contributed by atoms with Crippen LogP contribution in [-0.2, 0) is 22.9 Å². The number of rotatable bonds is 7. The third-order valence-corrected chi connectivity index (χ3v) is 4.09. The molecule has 1 aromatic heterocycles. The van der Waals surface area contributed by atoms with Crippen molar-refractivity contribution >= 4 is 9.84 Å². The van der Waals surface area contributed by atoms with Crippen LogP contribution in [0.4, 0.5) is 0 Å². The largest absolute Gasteiger partial charge is 0.313 e. The molecule has 6 heteroatoms. The number of nitrogens with zero attached hydrogens (tertiary/aromatic N) is 2. The molecule has 0 amide bonds. The highest BCUT2D eigenvalue weighted by Crippen LogP contribution is 2.41. The van der Waals surface area contributed by atoms with Gasteiger partial charge in [-0.15, -0.1) is 0 Å². The van der Waals surface area contributed by atoms with E-state index in [4.69, 9.17) is 0 Å². The Bertz CT molecular complexity index is 503. The third kappa shape index (κ3) is 3.55. The van der Waals surface area contributed by atoms with Gasteiger partial charge in [0.25, 0.3) is 0 Å². The quantitative estimate of drug-likeness (QED) is 0.801. The third-order valence-electron chi connectivity index (χ3n) is 3.16. The molecule has 2 rings (SSSR count). The number of aromatic nitrogens is 2. The van der Waals surface area contributed by atoms with Crippen molar-refractivity contribution in [2.24, 2.45) is 0 Å². The van der Waals surface area contributed by atoms with E-state index < -0.39 is 9.84 Å². The van der Waals surface area contributed by atoms with E-state index in [1.165, 1.54) is 30.4 Å². The Balaban J connectivity index is 2.12. The van der Waals surface area contributed by atoms with E-state index >= 15 is 0 Å². The van der Waals surface area contributed by atoms with Crippen LogP contribution in [-0.4, -0.2) is 36.8 Å². The zero-order valence-electron chi connectivity index (χ0n) is 11.0. The minimum absolute atomic E-state index is 0.162. The maximum absolute atomic E-state index is 11.2. The molecule has 102 valence electrons. The summed E-state index contributed by atoms with van der Waals surface area (Å²) in [5.41, 5.74) is 2.45. The molecule has 1 saturated carbocycles. The lowest BCUT2D eigenvalue weighted by atomic mass is 10.2. The number of nitrogens with one attached hydrogen (secondary N) is 1. The van der Waals surface area contributed by atoms with Gasteiger partial charge in [0.1, 0.15) is 9.84 Å². The van der Waals surface area contributed by atoms with Crippen LogP contribution < -0.4 is 5.32 Å². The first-order valence-corrected chi connectivity index (χ1v) is 8.50. The summed E-state index contributed by atoms with van der Waals surface area (Å²) in [6.45, 7) is 4.29. The van der Waals surface area contributed by atoms with Crippen molar-refractivity contribution in [2.45, 2.75) is 38.8 Å². The normalized spacial score (nSPS) is 16.1. The zero-order chi connectivity index (χ0) is 13.2. The Kier molecular flexibility index (Phi) is 4.07. The number of aryl methyl sites for hydroxylation is 1. The van der Waals surface area contributed by atoms with E-state index in [9.17, 15) is 8.42 Å². The molecule has 1 aromatic rings. The molecule has 1 heterocycles. The first kappa shape index (κ1) is 13.5. The molecule has 18 heavy (non-hydrogen) atoms. The summed E-state index contributed by atoms with van der Waals surface area (Å²) < 4.78 is 24.3. The molecule has 0 saturated heterocycles. The van der Waals surface area contributed by atoms with E-state index in [-0.39, 0.29) is 5.75 Å². The second kappa shape index (κ2) is 5.40. The highest BCUT2D eigenvalue weighted by molar-refractivity contribution is 7.90. The van der Waals surface area contributed by atoms with Gasteiger partial charge in [0.2, 0.25) is 0 Å². The Labute approximate surface area is 108 Å². The fourth-order valence-corrected chi connectivity index (χ4v) is 2.59. The summed E-state index contributed by atoms with van der Waals surface area (Å²) in [6, 6.07) is 0. The topological polar surface area (TPSA) is 64.0 Å². The van der Waals surface area contributed by atoms with Gasteiger partial charge >= 0.3 is 0 Å². The van der Waals surface area contributed by atoms with Crippen LogP contribution in [0.3, 0.4) is 0 Å². The molecule has 1 aliphatic carbocycles. The molecule has 1 N–H and O–H groups in total. The van der Waals surface area contributed by atoms with Crippen molar-refractivity contribution in [1.82, 2.24) is 15.1 Å². The number of hydrogen-bond donors (Lipinski definition) is 1. The van der Waals surface area contributed by atoms with Crippen LogP contribution in [0.5, 0.6) is 0 Å². The smallest absolute Gasteiger partial charge is 0.149 e. The zero-order valence-corrected chi connectivity index (χ0v) is 11.8. The highest BCUT2D eigenvalue weighted by atomic mass is 32.2. The summed E-state index contributed by atoms with van der Waals surface area (Å²) in [5.74, 6) is 0.746. The molecule has 0 radical (unpaired) electrons. The second-order valence-electron chi connectivity index (χ2n) is 4.96. The highest BCUT2D eigenvalue weighted by Gasteiger charge is 2.30. The van der Waals surface area contributed by atoms with Gasteiger partial charge in [-0.3, -0.25) is 4.68 Å². The van der Waals surface area contributed by atoms with Gasteiger partial charge in [0.05, 0.1) is 18.5 Å². The number of hydrogen-bond acceptors (Lipinski definition) is 4. The van der Waals surface area contributed by atoms with Crippen molar-refractivity contribution in [2.75, 3.05) is 18.6 Å². The molecular formula is C12H21N3O2S. The summed E-state index contributed by atoms with van der Waals surface area (Å²) >= 11 is 0. The molecule has 0 aromatic carbocycles. The molecule has 1 aliphatic rings. The lowest BCUT2D eigenvalue weighted by molar-refractivity contribution is 0.577. The van der Waals surface area contributed by atoms with E-state index in [0.29, 0.717) is 12.5 Å². The van der Waals surface area contributed by atoms with Gasteiger partial charge in [-0.05, 0) is 19.4 Å². The first-order valence-electron chi connectivity index (χ1n) is 6.44. The molecule has 0 bridgehead atoms. The SMILES string of the molecule is CCNCc1cnn(CCS(C)(=O)=O)c1C1CC1. The second-order valence-corrected chi connectivity index (χ2v) is 7.22. The minimum atomic E-state index is -2.93. The summed E-state index contributed by atoms with van der Waals surface area (Å²) in [5, 5.41) is 7.65. The molecular weight excluding hydrogens is 250 g/mol. The molecule has 0 spiro atoms. The maximum atomic E-state index is 11.2. The van der Waals surface area contributed by atoms with Crippen LogP contribution in [0.15, 0.2) is 6.20 Å². The van der Waals surface area contributed by atoms with Crippen LogP contribution in [0.1, 0.15) is 36.9 Å². The van der Waals surface area contributed by atoms with Crippen molar-refractivity contribution < 1.29 is 8.42 Å². The van der Waals surface area contributed by atoms with Gasteiger partial charge in [-0.1, -0.05) is 6.92 Å². The Morgan fingerprint density at radius 2 is 2.22 bits per heavy atom. The number of sulfone groups is 1. The van der Waals surface area contributed by atoms with Crippen LogP contribution in [0.2, 0.25) is 0 Å². The molecule has 5 nitrogen and oxygen atoms in total. The van der Waals surface area contributed by atoms with Crippen molar-refractivity contribution in [3.8, 4) is 0 Å². The Morgan fingerprint density at radius 3 is 2.78 bits per heavy atom.